The molecule has 0 aliphatic carbocycles. The molecule has 0 saturated carbocycles. The van der Waals surface area contributed by atoms with Crippen molar-refractivity contribution in [2.24, 2.45) is 5.73 Å². The number of nitrogens with two attached hydrogens (primary N) is 1. The number of anilines is 2. The Hall–Kier alpha value is -4.00. The van der Waals surface area contributed by atoms with Crippen molar-refractivity contribution in [1.82, 2.24) is 9.97 Å². The predicted octanol–water partition coefficient (Wildman–Crippen LogP) is 4.29. The Morgan fingerprint density at radius 1 is 1.14 bits per heavy atom. The normalized spacial score (nSPS) is 10.7. The topological polar surface area (TPSA) is 90.1 Å². The zero-order valence-electron chi connectivity index (χ0n) is 15.5. The molecule has 2 aromatic heterocycles. The number of halogens is 1. The summed E-state index contributed by atoms with van der Waals surface area (Å²) in [6.45, 7) is 0. The second-order valence-electron chi connectivity index (χ2n) is 6.34. The maximum absolute atomic E-state index is 14.2. The van der Waals surface area contributed by atoms with Crippen LogP contribution in [0.3, 0.4) is 0 Å². The van der Waals surface area contributed by atoms with Crippen LogP contribution in [-0.4, -0.2) is 23.0 Å². The van der Waals surface area contributed by atoms with Crippen LogP contribution in [0.25, 0.3) is 22.0 Å². The smallest absolute Gasteiger partial charge is 0.253 e. The zero-order chi connectivity index (χ0) is 20.4. The van der Waals surface area contributed by atoms with E-state index in [2.05, 4.69) is 10.3 Å². The van der Waals surface area contributed by atoms with Gasteiger partial charge in [-0.15, -0.1) is 0 Å². The molecule has 3 N–H and O–H groups in total. The van der Waals surface area contributed by atoms with Crippen molar-refractivity contribution in [2.45, 2.75) is 0 Å². The molecule has 2 heterocycles. The molecule has 0 aliphatic heterocycles. The van der Waals surface area contributed by atoms with Gasteiger partial charge in [-0.25, -0.2) is 9.37 Å². The van der Waals surface area contributed by atoms with Crippen LogP contribution in [0.5, 0.6) is 5.75 Å². The van der Waals surface area contributed by atoms with Crippen molar-refractivity contribution in [2.75, 3.05) is 12.4 Å². The number of amides is 1. The molecule has 0 unspecified atom stereocenters. The highest BCUT2D eigenvalue weighted by atomic mass is 19.1. The molecule has 0 aliphatic rings. The fourth-order valence-electron chi connectivity index (χ4n) is 3.12. The third kappa shape index (κ3) is 3.58. The van der Waals surface area contributed by atoms with Gasteiger partial charge in [0.15, 0.2) is 0 Å². The highest BCUT2D eigenvalue weighted by Gasteiger charge is 2.16. The van der Waals surface area contributed by atoms with Gasteiger partial charge in [-0.3, -0.25) is 9.78 Å². The molecule has 6 nitrogen and oxygen atoms in total. The minimum atomic E-state index is -0.865. The van der Waals surface area contributed by atoms with Crippen LogP contribution in [0.1, 0.15) is 10.4 Å². The van der Waals surface area contributed by atoms with Crippen molar-refractivity contribution in [3.63, 3.8) is 0 Å². The molecule has 1 amide bonds. The summed E-state index contributed by atoms with van der Waals surface area (Å²) in [6.07, 6.45) is 3.39. The largest absolute Gasteiger partial charge is 0.497 e. The molecule has 0 atom stereocenters. The number of hydrogen-bond acceptors (Lipinski definition) is 5. The summed E-state index contributed by atoms with van der Waals surface area (Å²) in [5.41, 5.74) is 6.89. The quantitative estimate of drug-likeness (QED) is 0.532. The molecular formula is C22H17FN4O2. The molecule has 4 rings (SSSR count). The van der Waals surface area contributed by atoms with Crippen LogP contribution in [0.4, 0.5) is 15.9 Å². The summed E-state index contributed by atoms with van der Waals surface area (Å²) < 4.78 is 19.5. The Morgan fingerprint density at radius 2 is 2.00 bits per heavy atom. The fourth-order valence-corrected chi connectivity index (χ4v) is 3.12. The van der Waals surface area contributed by atoms with E-state index in [9.17, 15) is 9.18 Å². The number of pyridine rings is 2. The Labute approximate surface area is 166 Å². The maximum atomic E-state index is 14.2. The molecule has 0 fully saturated rings. The fraction of sp³-hybridized carbons (Fsp3) is 0.0455. The molecule has 29 heavy (non-hydrogen) atoms. The van der Waals surface area contributed by atoms with Gasteiger partial charge in [0.1, 0.15) is 17.4 Å². The number of benzene rings is 2. The van der Waals surface area contributed by atoms with Crippen molar-refractivity contribution in [3.05, 3.63) is 78.4 Å². The predicted molar refractivity (Wildman–Crippen MR) is 110 cm³/mol. The molecule has 0 radical (unpaired) electrons. The van der Waals surface area contributed by atoms with E-state index >= 15 is 0 Å². The van der Waals surface area contributed by atoms with Crippen molar-refractivity contribution in [1.29, 1.82) is 0 Å². The van der Waals surface area contributed by atoms with E-state index < -0.39 is 11.7 Å². The second kappa shape index (κ2) is 7.55. The Morgan fingerprint density at radius 3 is 2.72 bits per heavy atom. The first kappa shape index (κ1) is 18.4. The highest BCUT2D eigenvalue weighted by Crippen LogP contribution is 2.33. The number of fused-ring (bicyclic) bond motifs is 1. The first-order valence-electron chi connectivity index (χ1n) is 8.81. The zero-order valence-corrected chi connectivity index (χ0v) is 15.5. The van der Waals surface area contributed by atoms with Crippen LogP contribution in [0.15, 0.2) is 67.0 Å². The summed E-state index contributed by atoms with van der Waals surface area (Å²) >= 11 is 0. The first-order valence-corrected chi connectivity index (χ1v) is 8.81. The third-order valence-corrected chi connectivity index (χ3v) is 4.51. The minimum Gasteiger partial charge on any atom is -0.497 e. The number of nitrogens with one attached hydrogen (secondary N) is 1. The molecule has 4 aromatic rings. The van der Waals surface area contributed by atoms with E-state index in [4.69, 9.17) is 15.5 Å². The van der Waals surface area contributed by atoms with E-state index in [0.717, 1.165) is 16.3 Å². The molecular weight excluding hydrogens is 371 g/mol. The molecule has 0 bridgehead atoms. The van der Waals surface area contributed by atoms with Gasteiger partial charge in [0, 0.05) is 23.3 Å². The lowest BCUT2D eigenvalue weighted by Gasteiger charge is -2.14. The van der Waals surface area contributed by atoms with Gasteiger partial charge >= 0.3 is 0 Å². The summed E-state index contributed by atoms with van der Waals surface area (Å²) in [5, 5.41) is 4.71. The summed E-state index contributed by atoms with van der Waals surface area (Å²) in [4.78, 5) is 20.6. The van der Waals surface area contributed by atoms with Gasteiger partial charge < -0.3 is 15.8 Å². The first-order chi connectivity index (χ1) is 14.1. The van der Waals surface area contributed by atoms with Gasteiger partial charge in [-0.2, -0.15) is 0 Å². The van der Waals surface area contributed by atoms with Gasteiger partial charge in [0.2, 0.25) is 0 Å². The van der Waals surface area contributed by atoms with E-state index in [1.165, 1.54) is 12.1 Å². The third-order valence-electron chi connectivity index (χ3n) is 4.51. The van der Waals surface area contributed by atoms with E-state index in [-0.39, 0.29) is 11.3 Å². The standard InChI is InChI=1S/C22H17FN4O2/c1-29-15-8-7-13-10-19(14-4-3-9-25-12-14)27-22(16(13)11-15)26-18-6-2-5-17(23)20(18)21(24)28/h2-12H,1H3,(H2,24,28)(H,26,27). The molecule has 0 saturated heterocycles. The molecule has 144 valence electrons. The molecule has 0 spiro atoms. The lowest BCUT2D eigenvalue weighted by molar-refractivity contribution is 0.0997. The van der Waals surface area contributed by atoms with Crippen LogP contribution in [0, 0.1) is 5.82 Å². The SMILES string of the molecule is COc1ccc2cc(-c3cccnc3)nc(Nc3cccc(F)c3C(N)=O)c2c1. The number of aromatic nitrogens is 2. The number of hydrogen-bond donors (Lipinski definition) is 2. The van der Waals surface area contributed by atoms with Crippen LogP contribution >= 0.6 is 0 Å². The van der Waals surface area contributed by atoms with Gasteiger partial charge in [-0.1, -0.05) is 12.1 Å². The van der Waals surface area contributed by atoms with Crippen LogP contribution in [-0.2, 0) is 0 Å². The Kier molecular flexibility index (Phi) is 4.78. The molecule has 7 heteroatoms. The average Bonchev–Trinajstić information content (AvgIpc) is 2.73. The Bertz CT molecular complexity index is 1210. The minimum absolute atomic E-state index is 0.225. The van der Waals surface area contributed by atoms with Gasteiger partial charge in [0.25, 0.3) is 5.91 Å². The maximum Gasteiger partial charge on any atom is 0.253 e. The summed E-state index contributed by atoms with van der Waals surface area (Å²) in [5.74, 6) is -0.483. The summed E-state index contributed by atoms with van der Waals surface area (Å²) in [7, 11) is 1.57. The van der Waals surface area contributed by atoms with Crippen LogP contribution < -0.4 is 15.8 Å². The number of methoxy groups -OCH3 is 1. The van der Waals surface area contributed by atoms with E-state index in [0.29, 0.717) is 17.3 Å². The second-order valence-corrected chi connectivity index (χ2v) is 6.34. The van der Waals surface area contributed by atoms with Crippen molar-refractivity contribution < 1.29 is 13.9 Å². The number of carbonyl (C=O) groups excluding carboxylic acids is 1. The molecule has 2 aromatic carbocycles. The Balaban J connectivity index is 1.92. The summed E-state index contributed by atoms with van der Waals surface area (Å²) in [6, 6.07) is 15.5. The average molecular weight is 388 g/mol. The van der Waals surface area contributed by atoms with E-state index in [1.807, 2.05) is 36.4 Å². The van der Waals surface area contributed by atoms with Crippen molar-refractivity contribution in [3.8, 4) is 17.0 Å². The monoisotopic (exact) mass is 388 g/mol. The number of rotatable bonds is 5. The highest BCUT2D eigenvalue weighted by molar-refractivity contribution is 6.02. The van der Waals surface area contributed by atoms with E-state index in [1.54, 1.807) is 25.6 Å². The number of nitrogens with zero attached hydrogens (tertiary/aromatic N) is 2. The lowest BCUT2D eigenvalue weighted by atomic mass is 10.1. The van der Waals surface area contributed by atoms with Crippen molar-refractivity contribution >= 4 is 28.2 Å². The van der Waals surface area contributed by atoms with Crippen LogP contribution in [0.2, 0.25) is 0 Å². The lowest BCUT2D eigenvalue weighted by Crippen LogP contribution is -2.15. The number of primary amides is 1. The van der Waals surface area contributed by atoms with Gasteiger partial charge in [0.05, 0.1) is 24.1 Å². The number of ether oxygens (including phenoxy) is 1. The number of carbonyl (C=O) groups is 1. The van der Waals surface area contributed by atoms with Gasteiger partial charge in [-0.05, 0) is 47.9 Å².